The SMILES string of the molecule is Cc1cccc(-c2cccc(C[C@H](NC(=O)OC(C)(C)C)C(=O)O)c2)c1. The Hall–Kier alpha value is -2.82. The number of hydrogen-bond acceptors (Lipinski definition) is 3. The van der Waals surface area contributed by atoms with E-state index in [9.17, 15) is 14.7 Å². The highest BCUT2D eigenvalue weighted by molar-refractivity contribution is 5.80. The summed E-state index contributed by atoms with van der Waals surface area (Å²) < 4.78 is 5.15. The van der Waals surface area contributed by atoms with E-state index in [2.05, 4.69) is 11.4 Å². The van der Waals surface area contributed by atoms with Crippen LogP contribution in [-0.2, 0) is 16.0 Å². The molecule has 2 aromatic carbocycles. The fraction of sp³-hybridized carbons (Fsp3) is 0.333. The maximum Gasteiger partial charge on any atom is 0.408 e. The van der Waals surface area contributed by atoms with Gasteiger partial charge in [0.15, 0.2) is 0 Å². The summed E-state index contributed by atoms with van der Waals surface area (Å²) in [4.78, 5) is 23.4. The molecule has 2 rings (SSSR count). The molecule has 2 aromatic rings. The minimum atomic E-state index is -1.10. The van der Waals surface area contributed by atoms with Gasteiger partial charge in [0.2, 0.25) is 0 Å². The predicted molar refractivity (Wildman–Crippen MR) is 101 cm³/mol. The zero-order chi connectivity index (χ0) is 19.3. The van der Waals surface area contributed by atoms with Gasteiger partial charge in [-0.3, -0.25) is 0 Å². The van der Waals surface area contributed by atoms with Crippen LogP contribution in [0.5, 0.6) is 0 Å². The van der Waals surface area contributed by atoms with Gasteiger partial charge in [-0.2, -0.15) is 0 Å². The van der Waals surface area contributed by atoms with E-state index in [1.165, 1.54) is 0 Å². The lowest BCUT2D eigenvalue weighted by Gasteiger charge is -2.22. The van der Waals surface area contributed by atoms with Crippen molar-refractivity contribution in [3.05, 3.63) is 59.7 Å². The van der Waals surface area contributed by atoms with E-state index >= 15 is 0 Å². The third kappa shape index (κ3) is 5.92. The molecule has 0 aromatic heterocycles. The van der Waals surface area contributed by atoms with Gasteiger partial charge in [0, 0.05) is 6.42 Å². The Balaban J connectivity index is 2.15. The summed E-state index contributed by atoms with van der Waals surface area (Å²) in [5.41, 5.74) is 3.37. The molecule has 0 saturated carbocycles. The Labute approximate surface area is 154 Å². The smallest absolute Gasteiger partial charge is 0.408 e. The predicted octanol–water partition coefficient (Wildman–Crippen LogP) is 4.18. The van der Waals surface area contributed by atoms with Gasteiger partial charge in [0.25, 0.3) is 0 Å². The van der Waals surface area contributed by atoms with E-state index in [-0.39, 0.29) is 6.42 Å². The van der Waals surface area contributed by atoms with Gasteiger partial charge in [0.1, 0.15) is 11.6 Å². The first-order chi connectivity index (χ1) is 12.1. The molecule has 0 aliphatic heterocycles. The molecular formula is C21H25NO4. The van der Waals surface area contributed by atoms with Crippen molar-refractivity contribution >= 4 is 12.1 Å². The van der Waals surface area contributed by atoms with Crippen molar-refractivity contribution in [3.63, 3.8) is 0 Å². The summed E-state index contributed by atoms with van der Waals surface area (Å²) in [6.07, 6.45) is -0.562. The molecule has 0 radical (unpaired) electrons. The monoisotopic (exact) mass is 355 g/mol. The zero-order valence-electron chi connectivity index (χ0n) is 15.6. The van der Waals surface area contributed by atoms with Crippen LogP contribution in [0.15, 0.2) is 48.5 Å². The quantitative estimate of drug-likeness (QED) is 0.843. The van der Waals surface area contributed by atoms with Gasteiger partial charge in [-0.1, -0.05) is 54.1 Å². The fourth-order valence-corrected chi connectivity index (χ4v) is 2.59. The number of alkyl carbamates (subject to hydrolysis) is 1. The molecular weight excluding hydrogens is 330 g/mol. The van der Waals surface area contributed by atoms with Gasteiger partial charge < -0.3 is 15.2 Å². The van der Waals surface area contributed by atoms with Crippen LogP contribution in [0, 0.1) is 6.92 Å². The Bertz CT molecular complexity index is 793. The summed E-state index contributed by atoms with van der Waals surface area (Å²) in [7, 11) is 0. The van der Waals surface area contributed by atoms with E-state index in [1.54, 1.807) is 20.8 Å². The van der Waals surface area contributed by atoms with Crippen molar-refractivity contribution in [1.82, 2.24) is 5.32 Å². The van der Waals surface area contributed by atoms with E-state index in [4.69, 9.17) is 4.74 Å². The Morgan fingerprint density at radius 2 is 1.69 bits per heavy atom. The number of carbonyl (C=O) groups is 2. The molecule has 0 spiro atoms. The first-order valence-corrected chi connectivity index (χ1v) is 8.52. The number of nitrogens with one attached hydrogen (secondary N) is 1. The van der Waals surface area contributed by atoms with E-state index in [0.717, 1.165) is 22.3 Å². The molecule has 1 amide bonds. The maximum atomic E-state index is 11.9. The van der Waals surface area contributed by atoms with E-state index in [0.29, 0.717) is 0 Å². The maximum absolute atomic E-state index is 11.9. The molecule has 0 aliphatic carbocycles. The molecule has 1 atom stereocenters. The Kier molecular flexibility index (Phi) is 6.03. The van der Waals surface area contributed by atoms with Crippen molar-refractivity contribution < 1.29 is 19.4 Å². The molecule has 0 saturated heterocycles. The molecule has 0 bridgehead atoms. The average Bonchev–Trinajstić information content (AvgIpc) is 2.52. The number of rotatable bonds is 5. The summed E-state index contributed by atoms with van der Waals surface area (Å²) >= 11 is 0. The molecule has 26 heavy (non-hydrogen) atoms. The van der Waals surface area contributed by atoms with Crippen molar-refractivity contribution in [1.29, 1.82) is 0 Å². The topological polar surface area (TPSA) is 75.6 Å². The number of ether oxygens (including phenoxy) is 1. The Morgan fingerprint density at radius 1 is 1.08 bits per heavy atom. The molecule has 0 fully saturated rings. The number of carboxylic acids is 1. The van der Waals surface area contributed by atoms with Crippen LogP contribution in [0.4, 0.5) is 4.79 Å². The number of carboxylic acid groups (broad SMARTS) is 1. The first-order valence-electron chi connectivity index (χ1n) is 8.52. The summed E-state index contributed by atoms with van der Waals surface area (Å²) in [6, 6.07) is 14.7. The number of benzene rings is 2. The highest BCUT2D eigenvalue weighted by Crippen LogP contribution is 2.22. The lowest BCUT2D eigenvalue weighted by molar-refractivity contribution is -0.139. The molecule has 5 nitrogen and oxygen atoms in total. The van der Waals surface area contributed by atoms with Crippen molar-refractivity contribution in [2.24, 2.45) is 0 Å². The van der Waals surface area contributed by atoms with Crippen LogP contribution in [-0.4, -0.2) is 28.8 Å². The first kappa shape index (κ1) is 19.5. The van der Waals surface area contributed by atoms with Crippen LogP contribution in [0.3, 0.4) is 0 Å². The van der Waals surface area contributed by atoms with Gasteiger partial charge in [-0.05, 0) is 44.4 Å². The molecule has 0 heterocycles. The lowest BCUT2D eigenvalue weighted by Crippen LogP contribution is -2.44. The minimum absolute atomic E-state index is 0.175. The number of aliphatic carboxylic acids is 1. The molecule has 138 valence electrons. The van der Waals surface area contributed by atoms with E-state index in [1.807, 2.05) is 49.4 Å². The highest BCUT2D eigenvalue weighted by Gasteiger charge is 2.24. The van der Waals surface area contributed by atoms with Crippen LogP contribution < -0.4 is 5.32 Å². The van der Waals surface area contributed by atoms with Gasteiger partial charge in [-0.15, -0.1) is 0 Å². The Morgan fingerprint density at radius 3 is 2.27 bits per heavy atom. The summed E-state index contributed by atoms with van der Waals surface area (Å²) in [5.74, 6) is -1.10. The number of hydrogen-bond donors (Lipinski definition) is 2. The zero-order valence-corrected chi connectivity index (χ0v) is 15.6. The number of carbonyl (C=O) groups excluding carboxylic acids is 1. The second-order valence-corrected chi connectivity index (χ2v) is 7.31. The normalized spacial score (nSPS) is 12.3. The molecule has 2 N–H and O–H groups in total. The molecule has 5 heteroatoms. The van der Waals surface area contributed by atoms with Crippen LogP contribution in [0.25, 0.3) is 11.1 Å². The second-order valence-electron chi connectivity index (χ2n) is 7.31. The van der Waals surface area contributed by atoms with Gasteiger partial charge >= 0.3 is 12.1 Å². The van der Waals surface area contributed by atoms with Gasteiger partial charge in [0.05, 0.1) is 0 Å². The largest absolute Gasteiger partial charge is 0.480 e. The van der Waals surface area contributed by atoms with Crippen molar-refractivity contribution in [3.8, 4) is 11.1 Å². The number of aryl methyl sites for hydroxylation is 1. The standard InChI is InChI=1S/C21H25NO4/c1-14-7-5-9-16(11-14)17-10-6-8-15(12-17)13-18(19(23)24)22-20(25)26-21(2,3)4/h5-12,18H,13H2,1-4H3,(H,22,25)(H,23,24)/t18-/m0/s1. The third-order valence-electron chi connectivity index (χ3n) is 3.71. The van der Waals surface area contributed by atoms with Crippen LogP contribution in [0.1, 0.15) is 31.9 Å². The third-order valence-corrected chi connectivity index (χ3v) is 3.71. The lowest BCUT2D eigenvalue weighted by atomic mass is 9.98. The summed E-state index contributed by atoms with van der Waals surface area (Å²) in [6.45, 7) is 7.22. The molecule has 0 aliphatic rings. The minimum Gasteiger partial charge on any atom is -0.480 e. The summed E-state index contributed by atoms with van der Waals surface area (Å²) in [5, 5.41) is 11.9. The van der Waals surface area contributed by atoms with Crippen LogP contribution in [0.2, 0.25) is 0 Å². The highest BCUT2D eigenvalue weighted by atomic mass is 16.6. The average molecular weight is 355 g/mol. The van der Waals surface area contributed by atoms with E-state index < -0.39 is 23.7 Å². The molecule has 0 unspecified atom stereocenters. The van der Waals surface area contributed by atoms with Crippen molar-refractivity contribution in [2.45, 2.75) is 45.8 Å². The van der Waals surface area contributed by atoms with Crippen molar-refractivity contribution in [2.75, 3.05) is 0 Å². The number of amides is 1. The van der Waals surface area contributed by atoms with Gasteiger partial charge in [-0.25, -0.2) is 9.59 Å². The fourth-order valence-electron chi connectivity index (χ4n) is 2.59. The second kappa shape index (κ2) is 8.04. The van der Waals surface area contributed by atoms with Crippen LogP contribution >= 0.6 is 0 Å².